The van der Waals surface area contributed by atoms with Gasteiger partial charge in [-0.25, -0.2) is 9.13 Å². The molecule has 0 aromatic heterocycles. The van der Waals surface area contributed by atoms with Crippen LogP contribution in [0.25, 0.3) is 0 Å². The molecule has 580 valence electrons. The number of phosphoric acid groups is 2. The van der Waals surface area contributed by atoms with Gasteiger partial charge in [0.25, 0.3) is 0 Å². The van der Waals surface area contributed by atoms with Gasteiger partial charge in [-0.2, -0.15) is 0 Å². The standard InChI is InChI=1S/C79H152O17P2/c1-5-9-13-17-21-25-29-33-36-40-43-47-51-55-59-63-76(81)89-69-74(95-78(83)65-61-57-53-49-45-39-32-28-24-20-16-12-8-4)71-93-97(85,86)91-67-73(80)68-92-98(87,88)94-72-75(96-79(84)66-62-58-54-50-46-42-38-35-31-27-23-19-15-11-7-3)70-90-77(82)64-60-56-52-48-44-41-37-34-30-26-22-18-14-10-6-2/h33,36,73-75,80H,5-32,34-35,37-72H2,1-4H3,(H,85,86)(H,87,88)/b36-33-/t73-,74-,75-/m1/s1. The molecule has 5 atom stereocenters. The van der Waals surface area contributed by atoms with E-state index < -0.39 is 97.5 Å². The van der Waals surface area contributed by atoms with Crippen LogP contribution in [0.3, 0.4) is 0 Å². The lowest BCUT2D eigenvalue weighted by atomic mass is 10.0. The van der Waals surface area contributed by atoms with Crippen LogP contribution in [0.1, 0.15) is 413 Å². The predicted octanol–water partition coefficient (Wildman–Crippen LogP) is 23.6. The third-order valence-electron chi connectivity index (χ3n) is 18.3. The molecular weight excluding hydrogens is 1280 g/mol. The summed E-state index contributed by atoms with van der Waals surface area (Å²) in [6.07, 6.45) is 66.1. The van der Waals surface area contributed by atoms with Crippen molar-refractivity contribution in [1.29, 1.82) is 0 Å². The molecule has 19 heteroatoms. The topological polar surface area (TPSA) is 237 Å². The minimum Gasteiger partial charge on any atom is -0.462 e. The maximum Gasteiger partial charge on any atom is 0.472 e. The quantitative estimate of drug-likeness (QED) is 0.0169. The van der Waals surface area contributed by atoms with Crippen LogP contribution in [0.15, 0.2) is 12.2 Å². The minimum absolute atomic E-state index is 0.105. The Balaban J connectivity index is 5.28. The maximum atomic E-state index is 13.1. The Bertz CT molecular complexity index is 1910. The lowest BCUT2D eigenvalue weighted by Gasteiger charge is -2.21. The van der Waals surface area contributed by atoms with E-state index in [1.807, 2.05) is 0 Å². The Kier molecular flexibility index (Phi) is 71.5. The third kappa shape index (κ3) is 72.2. The first-order chi connectivity index (χ1) is 47.7. The average Bonchev–Trinajstić information content (AvgIpc) is 0.959. The van der Waals surface area contributed by atoms with Gasteiger partial charge >= 0.3 is 39.5 Å². The first kappa shape index (κ1) is 95.8. The first-order valence-electron chi connectivity index (χ1n) is 40.9. The van der Waals surface area contributed by atoms with Crippen LogP contribution in [0.5, 0.6) is 0 Å². The molecule has 98 heavy (non-hydrogen) atoms. The Morgan fingerprint density at radius 2 is 0.469 bits per heavy atom. The first-order valence-corrected chi connectivity index (χ1v) is 43.9. The van der Waals surface area contributed by atoms with Crippen molar-refractivity contribution in [2.75, 3.05) is 39.6 Å². The van der Waals surface area contributed by atoms with Crippen molar-refractivity contribution in [2.24, 2.45) is 0 Å². The van der Waals surface area contributed by atoms with Gasteiger partial charge in [0, 0.05) is 25.7 Å². The summed E-state index contributed by atoms with van der Waals surface area (Å²) in [5, 5.41) is 10.6. The van der Waals surface area contributed by atoms with Crippen molar-refractivity contribution >= 4 is 39.5 Å². The smallest absolute Gasteiger partial charge is 0.462 e. The molecule has 2 unspecified atom stereocenters. The molecule has 0 aromatic rings. The van der Waals surface area contributed by atoms with Gasteiger partial charge in [-0.15, -0.1) is 0 Å². The van der Waals surface area contributed by atoms with Gasteiger partial charge < -0.3 is 33.8 Å². The van der Waals surface area contributed by atoms with E-state index in [1.54, 1.807) is 0 Å². The maximum absolute atomic E-state index is 13.1. The molecule has 0 saturated heterocycles. The van der Waals surface area contributed by atoms with Gasteiger partial charge in [-0.05, 0) is 51.4 Å². The number of unbranched alkanes of at least 4 members (excludes halogenated alkanes) is 51. The fourth-order valence-electron chi connectivity index (χ4n) is 12.0. The van der Waals surface area contributed by atoms with Crippen molar-refractivity contribution < 1.29 is 80.2 Å². The van der Waals surface area contributed by atoms with Gasteiger partial charge in [0.05, 0.1) is 26.4 Å². The van der Waals surface area contributed by atoms with Crippen LogP contribution in [0.4, 0.5) is 0 Å². The van der Waals surface area contributed by atoms with E-state index in [4.69, 9.17) is 37.0 Å². The molecule has 0 aliphatic carbocycles. The zero-order chi connectivity index (χ0) is 71.8. The molecule has 0 heterocycles. The van der Waals surface area contributed by atoms with Crippen LogP contribution in [0.2, 0.25) is 0 Å². The number of allylic oxidation sites excluding steroid dienone is 2. The highest BCUT2D eigenvalue weighted by atomic mass is 31.2. The number of ether oxygens (including phenoxy) is 4. The number of hydrogen-bond donors (Lipinski definition) is 3. The summed E-state index contributed by atoms with van der Waals surface area (Å²) in [5.74, 6) is -2.12. The molecule has 0 aliphatic heterocycles. The van der Waals surface area contributed by atoms with Crippen LogP contribution in [-0.4, -0.2) is 96.7 Å². The molecule has 0 rings (SSSR count). The summed E-state index contributed by atoms with van der Waals surface area (Å²) in [5.41, 5.74) is 0. The highest BCUT2D eigenvalue weighted by Crippen LogP contribution is 2.45. The van der Waals surface area contributed by atoms with Crippen LogP contribution < -0.4 is 0 Å². The van der Waals surface area contributed by atoms with E-state index >= 15 is 0 Å². The molecular formula is C79H152O17P2. The largest absolute Gasteiger partial charge is 0.472 e. The lowest BCUT2D eigenvalue weighted by Crippen LogP contribution is -2.30. The number of rotatable bonds is 79. The second-order valence-electron chi connectivity index (χ2n) is 28.1. The van der Waals surface area contributed by atoms with Crippen LogP contribution >= 0.6 is 15.6 Å². The van der Waals surface area contributed by atoms with Crippen LogP contribution in [0, 0.1) is 0 Å². The molecule has 0 amide bonds. The molecule has 0 saturated carbocycles. The van der Waals surface area contributed by atoms with E-state index in [2.05, 4.69) is 39.8 Å². The highest BCUT2D eigenvalue weighted by molar-refractivity contribution is 7.47. The number of aliphatic hydroxyl groups is 1. The van der Waals surface area contributed by atoms with Gasteiger partial charge in [0.1, 0.15) is 19.3 Å². The summed E-state index contributed by atoms with van der Waals surface area (Å²) in [7, 11) is -9.92. The molecule has 0 fully saturated rings. The van der Waals surface area contributed by atoms with E-state index in [1.165, 1.54) is 225 Å². The second-order valence-corrected chi connectivity index (χ2v) is 31.0. The third-order valence-corrected chi connectivity index (χ3v) is 20.2. The average molecular weight is 1440 g/mol. The molecule has 0 aliphatic rings. The Hall–Kier alpha value is -2.20. The number of phosphoric ester groups is 2. The summed E-state index contributed by atoms with van der Waals surface area (Å²) < 4.78 is 68.7. The van der Waals surface area contributed by atoms with E-state index in [0.29, 0.717) is 25.7 Å². The zero-order valence-electron chi connectivity index (χ0n) is 63.5. The number of esters is 4. The van der Waals surface area contributed by atoms with Crippen LogP contribution in [-0.2, 0) is 65.4 Å². The Labute approximate surface area is 600 Å². The SMILES string of the molecule is CCCCCCCC/C=C\CCCCCCCC(=O)OC[C@H](COP(=O)(O)OC[C@@H](O)COP(=O)(O)OC[C@@H](COC(=O)CCCCCCCCCCCCCCCCC)OC(=O)CCCCCCCCCCCCCCCCC)OC(=O)CCCCCCCCCCCCCCC. The summed E-state index contributed by atoms with van der Waals surface area (Å²) in [4.78, 5) is 73.0. The highest BCUT2D eigenvalue weighted by Gasteiger charge is 2.30. The number of carbonyl (C=O) groups excluding carboxylic acids is 4. The molecule has 0 spiro atoms. The summed E-state index contributed by atoms with van der Waals surface area (Å²) >= 11 is 0. The van der Waals surface area contributed by atoms with Gasteiger partial charge in [0.15, 0.2) is 12.2 Å². The number of aliphatic hydroxyl groups excluding tert-OH is 1. The predicted molar refractivity (Wildman–Crippen MR) is 400 cm³/mol. The number of carbonyl (C=O) groups is 4. The monoisotopic (exact) mass is 1440 g/mol. The zero-order valence-corrected chi connectivity index (χ0v) is 65.3. The molecule has 0 bridgehead atoms. The Morgan fingerprint density at radius 1 is 0.276 bits per heavy atom. The Morgan fingerprint density at radius 3 is 0.704 bits per heavy atom. The van der Waals surface area contributed by atoms with Crippen molar-refractivity contribution in [3.05, 3.63) is 12.2 Å². The van der Waals surface area contributed by atoms with E-state index in [0.717, 1.165) is 109 Å². The molecule has 0 radical (unpaired) electrons. The fourth-order valence-corrected chi connectivity index (χ4v) is 13.6. The minimum atomic E-state index is -4.96. The van der Waals surface area contributed by atoms with Crippen molar-refractivity contribution in [2.45, 2.75) is 431 Å². The normalized spacial score (nSPS) is 13.9. The molecule has 17 nitrogen and oxygen atoms in total. The molecule has 0 aromatic carbocycles. The van der Waals surface area contributed by atoms with E-state index in [9.17, 15) is 43.2 Å². The number of hydrogen-bond acceptors (Lipinski definition) is 15. The van der Waals surface area contributed by atoms with Crippen molar-refractivity contribution in [1.82, 2.24) is 0 Å². The van der Waals surface area contributed by atoms with Gasteiger partial charge in [-0.1, -0.05) is 348 Å². The lowest BCUT2D eigenvalue weighted by molar-refractivity contribution is -0.161. The van der Waals surface area contributed by atoms with Crippen molar-refractivity contribution in [3.63, 3.8) is 0 Å². The summed E-state index contributed by atoms with van der Waals surface area (Å²) in [6, 6.07) is 0. The van der Waals surface area contributed by atoms with E-state index in [-0.39, 0.29) is 25.7 Å². The van der Waals surface area contributed by atoms with Gasteiger partial charge in [-0.3, -0.25) is 37.3 Å². The van der Waals surface area contributed by atoms with Gasteiger partial charge in [0.2, 0.25) is 0 Å². The second kappa shape index (κ2) is 73.1. The molecule has 3 N–H and O–H groups in total. The summed E-state index contributed by atoms with van der Waals surface area (Å²) in [6.45, 7) is 4.99. The fraction of sp³-hybridized carbons (Fsp3) is 0.924. The van der Waals surface area contributed by atoms with Crippen molar-refractivity contribution in [3.8, 4) is 0 Å².